The summed E-state index contributed by atoms with van der Waals surface area (Å²) in [5, 5.41) is 4.40. The first-order chi connectivity index (χ1) is 11.4. The van der Waals surface area contributed by atoms with Crippen molar-refractivity contribution in [2.45, 2.75) is 25.7 Å². The van der Waals surface area contributed by atoms with Crippen LogP contribution in [0.4, 0.5) is 5.69 Å². The number of aryl methyl sites for hydroxylation is 2. The molecule has 0 aliphatic rings. The summed E-state index contributed by atoms with van der Waals surface area (Å²) in [5.74, 6) is 0. The monoisotopic (exact) mass is 341 g/mol. The Balaban J connectivity index is 2.04. The lowest BCUT2D eigenvalue weighted by molar-refractivity contribution is 0.600. The van der Waals surface area contributed by atoms with Gasteiger partial charge in [0.05, 0.1) is 17.1 Å². The van der Waals surface area contributed by atoms with E-state index in [1.54, 1.807) is 30.7 Å². The molecule has 2 aromatic carbocycles. The fraction of sp³-hybridized carbons (Fsp3) is 0.167. The first kappa shape index (κ1) is 16.3. The molecule has 0 bridgehead atoms. The molecule has 3 aromatic rings. The highest BCUT2D eigenvalue weighted by molar-refractivity contribution is 7.92. The quantitative estimate of drug-likeness (QED) is 0.788. The van der Waals surface area contributed by atoms with Gasteiger partial charge in [0.1, 0.15) is 4.90 Å². The molecular formula is C18H19N3O2S. The van der Waals surface area contributed by atoms with Gasteiger partial charge in [0.15, 0.2) is 0 Å². The number of aromatic nitrogens is 2. The van der Waals surface area contributed by atoms with E-state index < -0.39 is 10.0 Å². The Morgan fingerprint density at radius 3 is 2.33 bits per heavy atom. The molecule has 6 heteroatoms. The average molecular weight is 341 g/mol. The van der Waals surface area contributed by atoms with Crippen molar-refractivity contribution >= 4 is 15.7 Å². The zero-order chi connectivity index (χ0) is 17.3. The van der Waals surface area contributed by atoms with Crippen LogP contribution in [0, 0.1) is 20.8 Å². The van der Waals surface area contributed by atoms with Crippen LogP contribution in [0.2, 0.25) is 0 Å². The van der Waals surface area contributed by atoms with Gasteiger partial charge in [-0.2, -0.15) is 5.10 Å². The Kier molecular flexibility index (Phi) is 4.15. The van der Waals surface area contributed by atoms with Crippen molar-refractivity contribution in [2.24, 2.45) is 0 Å². The fourth-order valence-electron chi connectivity index (χ4n) is 2.75. The molecule has 1 heterocycles. The van der Waals surface area contributed by atoms with Crippen molar-refractivity contribution in [3.8, 4) is 5.69 Å². The maximum Gasteiger partial charge on any atom is 0.265 e. The highest BCUT2D eigenvalue weighted by Gasteiger charge is 2.25. The van der Waals surface area contributed by atoms with E-state index in [9.17, 15) is 8.42 Å². The number of hydrogen-bond donors (Lipinski definition) is 1. The molecule has 0 spiro atoms. The molecule has 124 valence electrons. The molecule has 1 N–H and O–H groups in total. The first-order valence-electron chi connectivity index (χ1n) is 7.59. The molecule has 24 heavy (non-hydrogen) atoms. The third-order valence-corrected chi connectivity index (χ3v) is 5.40. The van der Waals surface area contributed by atoms with Crippen LogP contribution in [0.1, 0.15) is 17.0 Å². The second-order valence-electron chi connectivity index (χ2n) is 5.72. The maximum absolute atomic E-state index is 12.8. The predicted molar refractivity (Wildman–Crippen MR) is 95.0 cm³/mol. The second kappa shape index (κ2) is 6.13. The second-order valence-corrected chi connectivity index (χ2v) is 7.34. The third kappa shape index (κ3) is 3.05. The van der Waals surface area contributed by atoms with Gasteiger partial charge in [-0.15, -0.1) is 0 Å². The normalized spacial score (nSPS) is 11.5. The summed E-state index contributed by atoms with van der Waals surface area (Å²) in [4.78, 5) is 0.216. The number of benzene rings is 2. The van der Waals surface area contributed by atoms with Crippen LogP contribution in [0.15, 0.2) is 59.5 Å². The van der Waals surface area contributed by atoms with Crippen molar-refractivity contribution in [2.75, 3.05) is 4.72 Å². The third-order valence-electron chi connectivity index (χ3n) is 3.76. The van der Waals surface area contributed by atoms with E-state index in [1.165, 1.54) is 0 Å². The van der Waals surface area contributed by atoms with Crippen molar-refractivity contribution in [3.63, 3.8) is 0 Å². The fourth-order valence-corrected chi connectivity index (χ4v) is 4.20. The Labute approximate surface area is 142 Å². The Morgan fingerprint density at radius 2 is 1.67 bits per heavy atom. The standard InChI is InChI=1S/C18H19N3O2S/c1-13-8-7-9-16(12-13)20-24(22,23)18-14(2)19-21(15(18)3)17-10-5-4-6-11-17/h4-12,20H,1-3H3. The van der Waals surface area contributed by atoms with Crippen LogP contribution < -0.4 is 4.72 Å². The van der Waals surface area contributed by atoms with Gasteiger partial charge in [-0.05, 0) is 50.6 Å². The zero-order valence-corrected chi connectivity index (χ0v) is 14.6. The summed E-state index contributed by atoms with van der Waals surface area (Å²) in [6.45, 7) is 5.39. The Bertz CT molecular complexity index is 977. The Morgan fingerprint density at radius 1 is 0.958 bits per heavy atom. The lowest BCUT2D eigenvalue weighted by Gasteiger charge is -2.09. The number of hydrogen-bond acceptors (Lipinski definition) is 3. The van der Waals surface area contributed by atoms with Gasteiger partial charge < -0.3 is 0 Å². The lowest BCUT2D eigenvalue weighted by Crippen LogP contribution is -2.15. The summed E-state index contributed by atoms with van der Waals surface area (Å²) >= 11 is 0. The molecule has 0 radical (unpaired) electrons. The number of nitrogens with zero attached hydrogens (tertiary/aromatic N) is 2. The predicted octanol–water partition coefficient (Wildman–Crippen LogP) is 3.60. The van der Waals surface area contributed by atoms with Crippen molar-refractivity contribution in [1.82, 2.24) is 9.78 Å². The summed E-state index contributed by atoms with van der Waals surface area (Å²) in [5.41, 5.74) is 3.41. The molecule has 5 nitrogen and oxygen atoms in total. The van der Waals surface area contributed by atoms with Crippen molar-refractivity contribution < 1.29 is 8.42 Å². The minimum absolute atomic E-state index is 0.216. The molecule has 0 amide bonds. The van der Waals surface area contributed by atoms with Crippen LogP contribution in [-0.2, 0) is 10.0 Å². The molecule has 0 aliphatic carbocycles. The minimum Gasteiger partial charge on any atom is -0.280 e. The molecule has 0 atom stereocenters. The zero-order valence-electron chi connectivity index (χ0n) is 13.8. The smallest absolute Gasteiger partial charge is 0.265 e. The van der Waals surface area contributed by atoms with Gasteiger partial charge in [-0.1, -0.05) is 30.3 Å². The van der Waals surface area contributed by atoms with Crippen LogP contribution >= 0.6 is 0 Å². The van der Waals surface area contributed by atoms with Crippen LogP contribution in [0.25, 0.3) is 5.69 Å². The van der Waals surface area contributed by atoms with Gasteiger partial charge in [0, 0.05) is 5.69 Å². The van der Waals surface area contributed by atoms with E-state index in [0.29, 0.717) is 17.1 Å². The average Bonchev–Trinajstić information content (AvgIpc) is 2.83. The van der Waals surface area contributed by atoms with E-state index in [4.69, 9.17) is 0 Å². The topological polar surface area (TPSA) is 64.0 Å². The number of anilines is 1. The van der Waals surface area contributed by atoms with Crippen molar-refractivity contribution in [1.29, 1.82) is 0 Å². The molecule has 1 aromatic heterocycles. The SMILES string of the molecule is Cc1cccc(NS(=O)(=O)c2c(C)nn(-c3ccccc3)c2C)c1. The van der Waals surface area contributed by atoms with Gasteiger partial charge >= 0.3 is 0 Å². The van der Waals surface area contributed by atoms with E-state index in [0.717, 1.165) is 11.3 Å². The molecule has 3 rings (SSSR count). The number of rotatable bonds is 4. The molecule has 0 aliphatic heterocycles. The summed E-state index contributed by atoms with van der Waals surface area (Å²) < 4.78 is 30.0. The van der Waals surface area contributed by atoms with E-state index in [-0.39, 0.29) is 4.90 Å². The van der Waals surface area contributed by atoms with Crippen molar-refractivity contribution in [3.05, 3.63) is 71.5 Å². The largest absolute Gasteiger partial charge is 0.280 e. The number of sulfonamides is 1. The first-order valence-corrected chi connectivity index (χ1v) is 9.08. The van der Waals surface area contributed by atoms with Crippen LogP contribution in [0.5, 0.6) is 0 Å². The van der Waals surface area contributed by atoms with E-state index in [1.807, 2.05) is 49.4 Å². The Hall–Kier alpha value is -2.60. The lowest BCUT2D eigenvalue weighted by atomic mass is 10.2. The molecule has 0 unspecified atom stereocenters. The summed E-state index contributed by atoms with van der Waals surface area (Å²) in [6, 6.07) is 16.7. The van der Waals surface area contributed by atoms with Gasteiger partial charge in [0.25, 0.3) is 10.0 Å². The minimum atomic E-state index is -3.71. The van der Waals surface area contributed by atoms with Gasteiger partial charge in [-0.25, -0.2) is 13.1 Å². The van der Waals surface area contributed by atoms with E-state index >= 15 is 0 Å². The van der Waals surface area contributed by atoms with Gasteiger partial charge in [0.2, 0.25) is 0 Å². The van der Waals surface area contributed by atoms with Crippen LogP contribution in [-0.4, -0.2) is 18.2 Å². The number of para-hydroxylation sites is 1. The van der Waals surface area contributed by atoms with Crippen LogP contribution in [0.3, 0.4) is 0 Å². The molecular weight excluding hydrogens is 322 g/mol. The summed E-state index contributed by atoms with van der Waals surface area (Å²) in [6.07, 6.45) is 0. The highest BCUT2D eigenvalue weighted by atomic mass is 32.2. The maximum atomic E-state index is 12.8. The molecule has 0 saturated heterocycles. The number of nitrogens with one attached hydrogen (secondary N) is 1. The highest BCUT2D eigenvalue weighted by Crippen LogP contribution is 2.25. The van der Waals surface area contributed by atoms with Gasteiger partial charge in [-0.3, -0.25) is 4.72 Å². The van der Waals surface area contributed by atoms with E-state index in [2.05, 4.69) is 9.82 Å². The molecule has 0 saturated carbocycles. The summed E-state index contributed by atoms with van der Waals surface area (Å²) in [7, 11) is -3.71. The molecule has 0 fully saturated rings.